The highest BCUT2D eigenvalue weighted by Crippen LogP contribution is 2.28. The van der Waals surface area contributed by atoms with Crippen molar-refractivity contribution in [1.29, 1.82) is 0 Å². The normalized spacial score (nSPS) is 12.4. The average Bonchev–Trinajstić information content (AvgIpc) is 2.37. The highest BCUT2D eigenvalue weighted by molar-refractivity contribution is 7.89. The summed E-state index contributed by atoms with van der Waals surface area (Å²) in [5.41, 5.74) is 5.63. The summed E-state index contributed by atoms with van der Waals surface area (Å²) in [6, 6.07) is 4.51. The molecule has 0 aromatic heterocycles. The molecule has 0 amide bonds. The zero-order valence-electron chi connectivity index (χ0n) is 11.9. The van der Waals surface area contributed by atoms with Crippen molar-refractivity contribution in [2.45, 2.75) is 44.0 Å². The van der Waals surface area contributed by atoms with Crippen molar-refractivity contribution < 1.29 is 13.2 Å². The van der Waals surface area contributed by atoms with Gasteiger partial charge in [0.25, 0.3) is 0 Å². The van der Waals surface area contributed by atoms with Gasteiger partial charge in [0, 0.05) is 17.3 Å². The first-order chi connectivity index (χ1) is 8.78. The van der Waals surface area contributed by atoms with Crippen LogP contribution in [-0.4, -0.2) is 21.1 Å². The lowest BCUT2D eigenvalue weighted by Crippen LogP contribution is -2.44. The van der Waals surface area contributed by atoms with E-state index < -0.39 is 15.6 Å². The summed E-state index contributed by atoms with van der Waals surface area (Å²) in [7, 11) is -2.21. The number of nitrogens with two attached hydrogens (primary N) is 1. The van der Waals surface area contributed by atoms with E-state index in [0.29, 0.717) is 18.5 Å². The Morgan fingerprint density at radius 2 is 1.89 bits per heavy atom. The number of anilines is 1. The van der Waals surface area contributed by atoms with E-state index in [9.17, 15) is 8.42 Å². The van der Waals surface area contributed by atoms with E-state index in [1.54, 1.807) is 6.07 Å². The molecule has 0 unspecified atom stereocenters. The molecular formula is C13H22N2O3S. The second-order valence-electron chi connectivity index (χ2n) is 4.78. The maximum Gasteiger partial charge on any atom is 0.244 e. The van der Waals surface area contributed by atoms with Gasteiger partial charge in [-0.25, -0.2) is 13.1 Å². The number of rotatable bonds is 6. The van der Waals surface area contributed by atoms with Crippen LogP contribution < -0.4 is 15.2 Å². The largest absolute Gasteiger partial charge is 0.495 e. The topological polar surface area (TPSA) is 81.4 Å². The van der Waals surface area contributed by atoms with E-state index in [1.807, 2.05) is 20.8 Å². The van der Waals surface area contributed by atoms with Crippen LogP contribution in [0.4, 0.5) is 5.69 Å². The molecule has 1 aromatic rings. The summed E-state index contributed by atoms with van der Waals surface area (Å²) in [5, 5.41) is 0. The number of ether oxygens (including phenoxy) is 1. The van der Waals surface area contributed by atoms with E-state index in [-0.39, 0.29) is 10.6 Å². The van der Waals surface area contributed by atoms with Crippen LogP contribution in [0.2, 0.25) is 0 Å². The molecule has 1 rings (SSSR count). The van der Waals surface area contributed by atoms with Gasteiger partial charge in [0.05, 0.1) is 7.11 Å². The van der Waals surface area contributed by atoms with Crippen molar-refractivity contribution in [3.63, 3.8) is 0 Å². The van der Waals surface area contributed by atoms with Crippen molar-refractivity contribution in [3.05, 3.63) is 18.2 Å². The SMILES string of the molecule is CCC(C)(CC)NS(=O)(=O)c1ccc(N)cc1OC. The van der Waals surface area contributed by atoms with Crippen LogP contribution in [0.5, 0.6) is 5.75 Å². The number of methoxy groups -OCH3 is 1. The second kappa shape index (κ2) is 5.79. The van der Waals surface area contributed by atoms with Gasteiger partial charge in [-0.2, -0.15) is 0 Å². The molecule has 3 N–H and O–H groups in total. The Balaban J connectivity index is 3.21. The van der Waals surface area contributed by atoms with Crippen LogP contribution in [0.3, 0.4) is 0 Å². The zero-order valence-corrected chi connectivity index (χ0v) is 12.7. The molecule has 0 radical (unpaired) electrons. The van der Waals surface area contributed by atoms with Gasteiger partial charge < -0.3 is 10.5 Å². The van der Waals surface area contributed by atoms with E-state index >= 15 is 0 Å². The van der Waals surface area contributed by atoms with Crippen molar-refractivity contribution in [3.8, 4) is 5.75 Å². The monoisotopic (exact) mass is 286 g/mol. The average molecular weight is 286 g/mol. The van der Waals surface area contributed by atoms with E-state index in [1.165, 1.54) is 19.2 Å². The predicted molar refractivity (Wildman–Crippen MR) is 76.7 cm³/mol. The van der Waals surface area contributed by atoms with E-state index in [4.69, 9.17) is 10.5 Å². The summed E-state index contributed by atoms with van der Waals surface area (Å²) in [4.78, 5) is 0.109. The smallest absolute Gasteiger partial charge is 0.244 e. The van der Waals surface area contributed by atoms with Gasteiger partial charge in [-0.3, -0.25) is 0 Å². The molecule has 0 bridgehead atoms. The summed E-state index contributed by atoms with van der Waals surface area (Å²) in [6.45, 7) is 5.78. The predicted octanol–water partition coefficient (Wildman–Crippen LogP) is 2.13. The van der Waals surface area contributed by atoms with Gasteiger partial charge in [0.1, 0.15) is 10.6 Å². The Morgan fingerprint density at radius 1 is 1.32 bits per heavy atom. The molecule has 0 saturated carbocycles. The summed E-state index contributed by atoms with van der Waals surface area (Å²) < 4.78 is 32.7. The first-order valence-electron chi connectivity index (χ1n) is 6.25. The number of nitrogen functional groups attached to an aromatic ring is 1. The molecule has 108 valence electrons. The van der Waals surface area contributed by atoms with Crippen LogP contribution in [-0.2, 0) is 10.0 Å². The van der Waals surface area contributed by atoms with Crippen LogP contribution in [0.1, 0.15) is 33.6 Å². The lowest BCUT2D eigenvalue weighted by molar-refractivity contribution is 0.382. The fraction of sp³-hybridized carbons (Fsp3) is 0.538. The van der Waals surface area contributed by atoms with Gasteiger partial charge >= 0.3 is 0 Å². The third-order valence-corrected chi connectivity index (χ3v) is 5.10. The molecule has 0 aliphatic carbocycles. The molecule has 1 aromatic carbocycles. The zero-order chi connectivity index (χ0) is 14.7. The second-order valence-corrected chi connectivity index (χ2v) is 6.43. The van der Waals surface area contributed by atoms with E-state index in [2.05, 4.69) is 4.72 Å². The molecular weight excluding hydrogens is 264 g/mol. The van der Waals surface area contributed by atoms with Gasteiger partial charge in [-0.1, -0.05) is 13.8 Å². The van der Waals surface area contributed by atoms with Crippen LogP contribution in [0.15, 0.2) is 23.1 Å². The lowest BCUT2D eigenvalue weighted by atomic mass is 9.98. The minimum absolute atomic E-state index is 0.109. The van der Waals surface area contributed by atoms with Gasteiger partial charge in [-0.05, 0) is 31.9 Å². The molecule has 0 heterocycles. The Bertz CT molecular complexity index is 537. The maximum absolute atomic E-state index is 12.4. The van der Waals surface area contributed by atoms with Crippen molar-refractivity contribution in [2.24, 2.45) is 0 Å². The highest BCUT2D eigenvalue weighted by Gasteiger charge is 2.29. The summed E-state index contributed by atoms with van der Waals surface area (Å²) in [6.07, 6.45) is 1.42. The van der Waals surface area contributed by atoms with E-state index in [0.717, 1.165) is 0 Å². The molecule has 0 aliphatic heterocycles. The molecule has 5 nitrogen and oxygen atoms in total. The molecule has 6 heteroatoms. The van der Waals surface area contributed by atoms with Crippen LogP contribution in [0.25, 0.3) is 0 Å². The van der Waals surface area contributed by atoms with Crippen molar-refractivity contribution in [2.75, 3.05) is 12.8 Å². The number of sulfonamides is 1. The Hall–Kier alpha value is -1.27. The quantitative estimate of drug-likeness (QED) is 0.785. The van der Waals surface area contributed by atoms with Crippen LogP contribution >= 0.6 is 0 Å². The fourth-order valence-corrected chi connectivity index (χ4v) is 3.38. The molecule has 0 aliphatic rings. The molecule has 0 atom stereocenters. The van der Waals surface area contributed by atoms with Gasteiger partial charge in [-0.15, -0.1) is 0 Å². The lowest BCUT2D eigenvalue weighted by Gasteiger charge is -2.28. The van der Waals surface area contributed by atoms with Crippen molar-refractivity contribution >= 4 is 15.7 Å². The van der Waals surface area contributed by atoms with Gasteiger partial charge in [0.15, 0.2) is 0 Å². The molecule has 19 heavy (non-hydrogen) atoms. The van der Waals surface area contributed by atoms with Gasteiger partial charge in [0.2, 0.25) is 10.0 Å². The van der Waals surface area contributed by atoms with Crippen LogP contribution in [0, 0.1) is 0 Å². The number of nitrogens with one attached hydrogen (secondary N) is 1. The third-order valence-electron chi connectivity index (χ3n) is 3.42. The Morgan fingerprint density at radius 3 is 2.37 bits per heavy atom. The fourth-order valence-electron chi connectivity index (χ4n) is 1.68. The number of benzene rings is 1. The third kappa shape index (κ3) is 3.61. The molecule has 0 spiro atoms. The molecule has 0 fully saturated rings. The minimum Gasteiger partial charge on any atom is -0.495 e. The van der Waals surface area contributed by atoms with Crippen molar-refractivity contribution in [1.82, 2.24) is 4.72 Å². The highest BCUT2D eigenvalue weighted by atomic mass is 32.2. The maximum atomic E-state index is 12.4. The molecule has 0 saturated heterocycles. The summed E-state index contributed by atoms with van der Waals surface area (Å²) >= 11 is 0. The summed E-state index contributed by atoms with van der Waals surface area (Å²) in [5.74, 6) is 0.252. The Labute approximate surface area is 115 Å². The first kappa shape index (κ1) is 15.8. The first-order valence-corrected chi connectivity index (χ1v) is 7.74. The Kier molecular flexibility index (Phi) is 4.81. The minimum atomic E-state index is -3.63. The standard InChI is InChI=1S/C13H22N2O3S/c1-5-13(3,6-2)15-19(16,17)12-8-7-10(14)9-11(12)18-4/h7-9,15H,5-6,14H2,1-4H3. The number of hydrogen-bond acceptors (Lipinski definition) is 4. The number of hydrogen-bond donors (Lipinski definition) is 2.